The van der Waals surface area contributed by atoms with E-state index in [1.807, 2.05) is 0 Å². The van der Waals surface area contributed by atoms with Crippen molar-refractivity contribution in [2.45, 2.75) is 71.6 Å². The van der Waals surface area contributed by atoms with Gasteiger partial charge >= 0.3 is 221 Å². The van der Waals surface area contributed by atoms with E-state index in [1.165, 1.54) is 27.8 Å². The van der Waals surface area contributed by atoms with Gasteiger partial charge in [0.05, 0.1) is 0 Å². The summed E-state index contributed by atoms with van der Waals surface area (Å²) in [4.78, 5) is 0. The van der Waals surface area contributed by atoms with Crippen LogP contribution in [0.5, 0.6) is 0 Å². The maximum atomic E-state index is 2.77. The minimum absolute atomic E-state index is 0.134. The van der Waals surface area contributed by atoms with Crippen molar-refractivity contribution in [1.82, 2.24) is 0 Å². The summed E-state index contributed by atoms with van der Waals surface area (Å²) in [6, 6.07) is 23.2. The Balaban J connectivity index is 1.69. The topological polar surface area (TPSA) is 0 Å². The van der Waals surface area contributed by atoms with Gasteiger partial charge in [-0.3, -0.25) is 0 Å². The summed E-state index contributed by atoms with van der Waals surface area (Å²) < 4.78 is 6.23. The molecule has 0 bridgehead atoms. The van der Waals surface area contributed by atoms with Gasteiger partial charge in [-0.05, 0) is 0 Å². The van der Waals surface area contributed by atoms with Crippen LogP contribution >= 0.6 is 0 Å². The van der Waals surface area contributed by atoms with Gasteiger partial charge in [0.2, 0.25) is 0 Å². The Bertz CT molecular complexity index is 1350. The van der Waals surface area contributed by atoms with E-state index in [0.29, 0.717) is 0 Å². The predicted octanol–water partition coefficient (Wildman–Crippen LogP) is 7.99. The molecule has 0 spiro atoms. The molecule has 0 saturated heterocycles. The van der Waals surface area contributed by atoms with E-state index >= 15 is 0 Å². The summed E-state index contributed by atoms with van der Waals surface area (Å²) in [6.45, 7) is 14.2. The Labute approximate surface area is 220 Å². The molecule has 0 N–H and O–H groups in total. The zero-order chi connectivity index (χ0) is 24.8. The molecule has 0 saturated carbocycles. The molecule has 178 valence electrons. The monoisotopic (exact) mass is 536 g/mol. The first-order valence-electron chi connectivity index (χ1n) is 13.0. The molecule has 0 fully saturated rings. The number of hydrogen-bond acceptors (Lipinski definition) is 0. The zero-order valence-electron chi connectivity index (χ0n) is 22.2. The Kier molecular flexibility index (Phi) is 6.60. The van der Waals surface area contributed by atoms with Crippen LogP contribution in [0.2, 0.25) is 0 Å². The van der Waals surface area contributed by atoms with Crippen molar-refractivity contribution < 1.29 is 21.3 Å². The fourth-order valence-electron chi connectivity index (χ4n) is 5.55. The molecule has 2 aliphatic carbocycles. The quantitative estimate of drug-likeness (QED) is 0.247. The predicted molar refractivity (Wildman–Crippen MR) is 150 cm³/mol. The fraction of sp³-hybridized carbons (Fsp3) is 0.324. The number of rotatable bonds is 4. The van der Waals surface area contributed by atoms with Crippen LogP contribution in [0.15, 0.2) is 82.2 Å². The Morgan fingerprint density at radius 2 is 1.57 bits per heavy atom. The zero-order valence-corrected chi connectivity index (χ0v) is 24.7. The third kappa shape index (κ3) is 4.95. The molecule has 0 amide bonds. The van der Waals surface area contributed by atoms with Crippen molar-refractivity contribution in [1.29, 1.82) is 0 Å². The Hall–Kier alpha value is -2.11. The second kappa shape index (κ2) is 9.40. The van der Waals surface area contributed by atoms with Crippen molar-refractivity contribution >= 4 is 6.98 Å². The first kappa shape index (κ1) is 24.6. The van der Waals surface area contributed by atoms with Gasteiger partial charge in [0.1, 0.15) is 0 Å². The van der Waals surface area contributed by atoms with Crippen LogP contribution in [0.1, 0.15) is 75.8 Å². The van der Waals surface area contributed by atoms with Gasteiger partial charge in [-0.15, -0.1) is 0 Å². The van der Waals surface area contributed by atoms with Crippen molar-refractivity contribution in [3.63, 3.8) is 0 Å². The molecule has 3 aromatic carbocycles. The van der Waals surface area contributed by atoms with E-state index < -0.39 is 21.3 Å². The first-order valence-corrected chi connectivity index (χ1v) is 16.9. The normalized spacial score (nSPS) is 15.3. The maximum absolute atomic E-state index is 2.77. The van der Waals surface area contributed by atoms with E-state index in [0.717, 1.165) is 19.3 Å². The third-order valence-electron chi connectivity index (χ3n) is 7.52. The SMILES string of the molecule is CC(C)(C)c1ccc2c(c1)Cc1c-2ccc(C(C)(C)C)[c]1/[Zr](=[CH]\Cc1ccccc1)[C]1=CC=CC1. The average molecular weight is 538 g/mol. The van der Waals surface area contributed by atoms with E-state index in [9.17, 15) is 0 Å². The van der Waals surface area contributed by atoms with Crippen LogP contribution in [0.4, 0.5) is 0 Å². The molecule has 0 nitrogen and oxygen atoms in total. The molecular formula is C34H38Zr. The molecule has 0 atom stereocenters. The molecule has 35 heavy (non-hydrogen) atoms. The van der Waals surface area contributed by atoms with E-state index in [1.54, 1.807) is 17.7 Å². The molecular weight excluding hydrogens is 500 g/mol. The summed E-state index contributed by atoms with van der Waals surface area (Å²) >= 11 is -2.26. The first-order chi connectivity index (χ1) is 16.6. The van der Waals surface area contributed by atoms with Crippen molar-refractivity contribution in [3.05, 3.63) is 110 Å². The molecule has 0 aromatic heterocycles. The van der Waals surface area contributed by atoms with E-state index in [4.69, 9.17) is 0 Å². The van der Waals surface area contributed by atoms with Crippen LogP contribution in [0, 0.1) is 0 Å². The van der Waals surface area contributed by atoms with E-state index in [-0.39, 0.29) is 10.8 Å². The number of fused-ring (bicyclic) bond motifs is 3. The summed E-state index contributed by atoms with van der Waals surface area (Å²) in [5.41, 5.74) is 10.8. The van der Waals surface area contributed by atoms with Gasteiger partial charge in [0, 0.05) is 0 Å². The molecule has 0 radical (unpaired) electrons. The molecule has 1 heteroatoms. The number of benzene rings is 3. The second-order valence-corrected chi connectivity index (χ2v) is 18.0. The van der Waals surface area contributed by atoms with Crippen molar-refractivity contribution in [3.8, 4) is 11.1 Å². The van der Waals surface area contributed by atoms with Gasteiger partial charge in [-0.25, -0.2) is 0 Å². The van der Waals surface area contributed by atoms with Crippen molar-refractivity contribution in [2.75, 3.05) is 0 Å². The van der Waals surface area contributed by atoms with Crippen LogP contribution in [-0.4, -0.2) is 3.71 Å². The molecule has 0 unspecified atom stereocenters. The van der Waals surface area contributed by atoms with Gasteiger partial charge in [0.25, 0.3) is 0 Å². The number of allylic oxidation sites excluding steroid dienone is 4. The van der Waals surface area contributed by atoms with E-state index in [2.05, 4.69) is 124 Å². The van der Waals surface area contributed by atoms with Crippen LogP contribution in [0.3, 0.4) is 0 Å². The van der Waals surface area contributed by atoms with Gasteiger partial charge < -0.3 is 0 Å². The second-order valence-electron chi connectivity index (χ2n) is 12.2. The molecule has 0 heterocycles. The molecule has 3 aromatic rings. The van der Waals surface area contributed by atoms with Gasteiger partial charge in [-0.2, -0.15) is 0 Å². The van der Waals surface area contributed by atoms with Crippen LogP contribution in [-0.2, 0) is 44.9 Å². The minimum atomic E-state index is -2.26. The van der Waals surface area contributed by atoms with Crippen molar-refractivity contribution in [2.24, 2.45) is 0 Å². The summed E-state index contributed by atoms with van der Waals surface area (Å²) in [5.74, 6) is 0. The number of hydrogen-bond donors (Lipinski definition) is 0. The molecule has 5 rings (SSSR count). The summed E-state index contributed by atoms with van der Waals surface area (Å²) in [7, 11) is 0. The molecule has 2 aliphatic rings. The molecule has 0 aliphatic heterocycles. The third-order valence-corrected chi connectivity index (χ3v) is 14.4. The van der Waals surface area contributed by atoms with Crippen LogP contribution in [0.25, 0.3) is 11.1 Å². The Morgan fingerprint density at radius 1 is 0.829 bits per heavy atom. The van der Waals surface area contributed by atoms with Gasteiger partial charge in [0.15, 0.2) is 0 Å². The Morgan fingerprint density at radius 3 is 2.23 bits per heavy atom. The summed E-state index contributed by atoms with van der Waals surface area (Å²) in [5, 5.41) is 0. The fourth-order valence-corrected chi connectivity index (χ4v) is 13.3. The summed E-state index contributed by atoms with van der Waals surface area (Å²) in [6.07, 6.45) is 10.4. The van der Waals surface area contributed by atoms with Crippen LogP contribution < -0.4 is 3.27 Å². The standard InChI is InChI=1S/C21H25.C8H8.C5H5.Zr/c1-20(2,3)16-7-9-18-14(12-16)11-15-13-17(21(4,5)6)8-10-19(15)18;1-2-8-6-4-3-5-7-8;1-2-4-5-3-1;/h7-10,12H,11H2,1-6H3;1,3-7H,2H2;1-3H,4H2;. The van der Waals surface area contributed by atoms with Gasteiger partial charge in [-0.1, -0.05) is 0 Å². The average Bonchev–Trinajstić information content (AvgIpc) is 3.46.